The highest BCUT2D eigenvalue weighted by Crippen LogP contribution is 2.18. The van der Waals surface area contributed by atoms with Crippen LogP contribution in [0.15, 0.2) is 48.7 Å². The summed E-state index contributed by atoms with van der Waals surface area (Å²) in [6.45, 7) is 1.85. The van der Waals surface area contributed by atoms with E-state index in [-0.39, 0.29) is 18.1 Å². The first kappa shape index (κ1) is 14.7. The maximum Gasteiger partial charge on any atom is 0.338 e. The van der Waals surface area contributed by atoms with Gasteiger partial charge in [-0.25, -0.2) is 9.59 Å². The number of aromatic carboxylic acids is 1. The standard InChI is InChI=1S/C16H15NO4/c1-11(14-13(15(18)19)8-5-9-17-14)10-21-16(20)12-6-3-2-4-7-12/h2-9,11H,10H2,1H3,(H,18,19). The van der Waals surface area contributed by atoms with E-state index < -0.39 is 11.9 Å². The van der Waals surface area contributed by atoms with Crippen molar-refractivity contribution in [2.45, 2.75) is 12.8 Å². The molecule has 5 nitrogen and oxygen atoms in total. The largest absolute Gasteiger partial charge is 0.478 e. The first-order valence-electron chi connectivity index (χ1n) is 6.50. The molecule has 1 unspecified atom stereocenters. The first-order chi connectivity index (χ1) is 10.1. The second-order valence-electron chi connectivity index (χ2n) is 4.61. The third-order valence-electron chi connectivity index (χ3n) is 3.01. The topological polar surface area (TPSA) is 76.5 Å². The van der Waals surface area contributed by atoms with Crippen LogP contribution in [0.3, 0.4) is 0 Å². The van der Waals surface area contributed by atoms with Crippen LogP contribution in [0.25, 0.3) is 0 Å². The van der Waals surface area contributed by atoms with Crippen LogP contribution in [0.4, 0.5) is 0 Å². The van der Waals surface area contributed by atoms with Gasteiger partial charge in [-0.2, -0.15) is 0 Å². The molecule has 0 saturated carbocycles. The molecule has 0 aliphatic rings. The summed E-state index contributed by atoms with van der Waals surface area (Å²) < 4.78 is 5.21. The van der Waals surface area contributed by atoms with Crippen LogP contribution in [0.5, 0.6) is 0 Å². The minimum Gasteiger partial charge on any atom is -0.478 e. The number of benzene rings is 1. The molecule has 0 amide bonds. The van der Waals surface area contributed by atoms with Gasteiger partial charge >= 0.3 is 11.9 Å². The number of pyridine rings is 1. The Morgan fingerprint density at radius 2 is 1.90 bits per heavy atom. The molecule has 0 fully saturated rings. The van der Waals surface area contributed by atoms with Gasteiger partial charge in [-0.05, 0) is 24.3 Å². The summed E-state index contributed by atoms with van der Waals surface area (Å²) in [4.78, 5) is 27.1. The lowest BCUT2D eigenvalue weighted by atomic mass is 10.0. The third-order valence-corrected chi connectivity index (χ3v) is 3.01. The second-order valence-corrected chi connectivity index (χ2v) is 4.61. The molecule has 1 N–H and O–H groups in total. The molecular formula is C16H15NO4. The number of nitrogens with zero attached hydrogens (tertiary/aromatic N) is 1. The molecule has 0 spiro atoms. The maximum atomic E-state index is 11.8. The second kappa shape index (κ2) is 6.65. The van der Waals surface area contributed by atoms with E-state index in [0.717, 1.165) is 0 Å². The van der Waals surface area contributed by atoms with Gasteiger partial charge < -0.3 is 9.84 Å². The number of carbonyl (C=O) groups is 2. The summed E-state index contributed by atoms with van der Waals surface area (Å²) in [5.41, 5.74) is 0.996. The number of esters is 1. The van der Waals surface area contributed by atoms with Crippen molar-refractivity contribution in [1.29, 1.82) is 0 Å². The molecule has 0 bridgehead atoms. The van der Waals surface area contributed by atoms with Crippen molar-refractivity contribution in [1.82, 2.24) is 4.98 Å². The molecule has 0 aliphatic carbocycles. The Labute approximate surface area is 122 Å². The van der Waals surface area contributed by atoms with E-state index in [4.69, 9.17) is 9.84 Å². The molecule has 0 saturated heterocycles. The lowest BCUT2D eigenvalue weighted by molar-refractivity contribution is 0.0483. The van der Waals surface area contributed by atoms with Gasteiger partial charge in [0.2, 0.25) is 0 Å². The lowest BCUT2D eigenvalue weighted by Gasteiger charge is -2.13. The molecule has 1 atom stereocenters. The van der Waals surface area contributed by atoms with Crippen LogP contribution in [0, 0.1) is 0 Å². The molecule has 2 rings (SSSR count). The number of carbonyl (C=O) groups excluding carboxylic acids is 1. The van der Waals surface area contributed by atoms with Gasteiger partial charge in [0.25, 0.3) is 0 Å². The minimum atomic E-state index is -1.04. The van der Waals surface area contributed by atoms with E-state index in [9.17, 15) is 9.59 Å². The average molecular weight is 285 g/mol. The fraction of sp³-hybridized carbons (Fsp3) is 0.188. The van der Waals surface area contributed by atoms with Gasteiger partial charge in [0, 0.05) is 12.1 Å². The van der Waals surface area contributed by atoms with E-state index >= 15 is 0 Å². The number of carboxylic acid groups (broad SMARTS) is 1. The van der Waals surface area contributed by atoms with Gasteiger partial charge in [0.05, 0.1) is 23.4 Å². The SMILES string of the molecule is CC(COC(=O)c1ccccc1)c1ncccc1C(=O)O. The normalized spacial score (nSPS) is 11.7. The van der Waals surface area contributed by atoms with Gasteiger partial charge in [0.1, 0.15) is 0 Å². The number of rotatable bonds is 5. The van der Waals surface area contributed by atoms with Gasteiger partial charge in [-0.3, -0.25) is 4.98 Å². The van der Waals surface area contributed by atoms with Crippen molar-refractivity contribution in [3.8, 4) is 0 Å². The number of ether oxygens (including phenoxy) is 1. The van der Waals surface area contributed by atoms with Crippen LogP contribution in [0.1, 0.15) is 39.3 Å². The Balaban J connectivity index is 2.04. The zero-order valence-corrected chi connectivity index (χ0v) is 11.5. The smallest absolute Gasteiger partial charge is 0.338 e. The zero-order chi connectivity index (χ0) is 15.2. The number of hydrogen-bond acceptors (Lipinski definition) is 4. The minimum absolute atomic E-state index is 0.0744. The molecular weight excluding hydrogens is 270 g/mol. The van der Waals surface area contributed by atoms with Crippen LogP contribution in [0.2, 0.25) is 0 Å². The van der Waals surface area contributed by atoms with Crippen LogP contribution >= 0.6 is 0 Å². The molecule has 108 valence electrons. The average Bonchev–Trinajstić information content (AvgIpc) is 2.53. The quantitative estimate of drug-likeness (QED) is 0.855. The highest BCUT2D eigenvalue weighted by atomic mass is 16.5. The monoisotopic (exact) mass is 285 g/mol. The molecule has 2 aromatic rings. The Morgan fingerprint density at radius 1 is 1.19 bits per heavy atom. The first-order valence-corrected chi connectivity index (χ1v) is 6.50. The van der Waals surface area contributed by atoms with Crippen molar-refractivity contribution in [2.75, 3.05) is 6.61 Å². The van der Waals surface area contributed by atoms with Gasteiger partial charge in [-0.1, -0.05) is 25.1 Å². The van der Waals surface area contributed by atoms with Crippen LogP contribution in [-0.2, 0) is 4.74 Å². The maximum absolute atomic E-state index is 11.8. The summed E-state index contributed by atoms with van der Waals surface area (Å²) in [5.74, 6) is -1.78. The summed E-state index contributed by atoms with van der Waals surface area (Å²) in [6, 6.07) is 11.7. The van der Waals surface area contributed by atoms with E-state index in [0.29, 0.717) is 11.3 Å². The van der Waals surface area contributed by atoms with Crippen LogP contribution < -0.4 is 0 Å². The van der Waals surface area contributed by atoms with Crippen molar-refractivity contribution < 1.29 is 19.4 Å². The fourth-order valence-corrected chi connectivity index (χ4v) is 1.93. The van der Waals surface area contributed by atoms with E-state index in [1.165, 1.54) is 12.3 Å². The Hall–Kier alpha value is -2.69. The van der Waals surface area contributed by atoms with Crippen molar-refractivity contribution >= 4 is 11.9 Å². The third kappa shape index (κ3) is 3.66. The number of aromatic nitrogens is 1. The summed E-state index contributed by atoms with van der Waals surface area (Å²) >= 11 is 0. The number of carboxylic acids is 1. The summed E-state index contributed by atoms with van der Waals surface area (Å²) in [7, 11) is 0. The summed E-state index contributed by atoms with van der Waals surface area (Å²) in [5, 5.41) is 9.12. The van der Waals surface area contributed by atoms with E-state index in [1.54, 1.807) is 37.3 Å². The summed E-state index contributed by atoms with van der Waals surface area (Å²) in [6.07, 6.45) is 1.53. The van der Waals surface area contributed by atoms with Crippen LogP contribution in [-0.4, -0.2) is 28.6 Å². The molecule has 5 heteroatoms. The zero-order valence-electron chi connectivity index (χ0n) is 11.5. The Morgan fingerprint density at radius 3 is 2.57 bits per heavy atom. The Bertz CT molecular complexity index is 640. The van der Waals surface area contributed by atoms with E-state index in [2.05, 4.69) is 4.98 Å². The lowest BCUT2D eigenvalue weighted by Crippen LogP contribution is -2.15. The fourth-order valence-electron chi connectivity index (χ4n) is 1.93. The molecule has 0 radical (unpaired) electrons. The highest BCUT2D eigenvalue weighted by molar-refractivity contribution is 5.90. The molecule has 1 heterocycles. The van der Waals surface area contributed by atoms with Gasteiger partial charge in [0.15, 0.2) is 0 Å². The van der Waals surface area contributed by atoms with Crippen molar-refractivity contribution in [2.24, 2.45) is 0 Å². The molecule has 1 aromatic heterocycles. The molecule has 0 aliphatic heterocycles. The highest BCUT2D eigenvalue weighted by Gasteiger charge is 2.18. The Kier molecular flexibility index (Phi) is 4.66. The predicted molar refractivity (Wildman–Crippen MR) is 76.3 cm³/mol. The predicted octanol–water partition coefficient (Wildman–Crippen LogP) is 2.74. The van der Waals surface area contributed by atoms with Crippen molar-refractivity contribution in [3.05, 3.63) is 65.5 Å². The number of hydrogen-bond donors (Lipinski definition) is 1. The molecule has 21 heavy (non-hydrogen) atoms. The van der Waals surface area contributed by atoms with Crippen molar-refractivity contribution in [3.63, 3.8) is 0 Å². The van der Waals surface area contributed by atoms with Gasteiger partial charge in [-0.15, -0.1) is 0 Å². The van der Waals surface area contributed by atoms with E-state index in [1.807, 2.05) is 6.07 Å². The molecule has 1 aromatic carbocycles.